The van der Waals surface area contributed by atoms with Crippen LogP contribution in [0.15, 0.2) is 97.1 Å². The van der Waals surface area contributed by atoms with Crippen LogP contribution in [0.25, 0.3) is 0 Å². The van der Waals surface area contributed by atoms with Crippen molar-refractivity contribution in [2.75, 3.05) is 0 Å². The number of hydrogen-bond acceptors (Lipinski definition) is 4. The number of benzene rings is 4. The highest BCUT2D eigenvalue weighted by molar-refractivity contribution is 5.30. The number of nitrogens with zero attached hydrogens (tertiary/aromatic N) is 2. The fourth-order valence-corrected chi connectivity index (χ4v) is 3.36. The first-order valence-electron chi connectivity index (χ1n) is 11.8. The van der Waals surface area contributed by atoms with Crippen LogP contribution < -0.4 is 9.47 Å². The van der Waals surface area contributed by atoms with Crippen molar-refractivity contribution in [2.45, 2.75) is 39.9 Å². The number of rotatable bonds is 8. The van der Waals surface area contributed by atoms with Crippen molar-refractivity contribution in [1.29, 1.82) is 10.5 Å². The van der Waals surface area contributed by atoms with Crippen molar-refractivity contribution in [3.8, 4) is 23.6 Å². The molecule has 0 saturated heterocycles. The second-order valence-corrected chi connectivity index (χ2v) is 8.51. The molecule has 0 aliphatic heterocycles. The van der Waals surface area contributed by atoms with Gasteiger partial charge in [-0.2, -0.15) is 10.5 Å². The Kier molecular flexibility index (Phi) is 10.1. The Bertz CT molecular complexity index is 1300. The molecule has 0 aliphatic carbocycles. The minimum Gasteiger partial charge on any atom is -0.489 e. The first-order chi connectivity index (χ1) is 17.6. The third-order valence-corrected chi connectivity index (χ3v) is 5.43. The number of hydrogen-bond donors (Lipinski definition) is 0. The zero-order chi connectivity index (χ0) is 25.6. The van der Waals surface area contributed by atoms with E-state index in [9.17, 15) is 0 Å². The largest absolute Gasteiger partial charge is 0.489 e. The second-order valence-electron chi connectivity index (χ2n) is 8.51. The highest BCUT2D eigenvalue weighted by Crippen LogP contribution is 2.16. The van der Waals surface area contributed by atoms with E-state index in [4.69, 9.17) is 20.0 Å². The van der Waals surface area contributed by atoms with Gasteiger partial charge in [0.2, 0.25) is 0 Å². The van der Waals surface area contributed by atoms with E-state index in [2.05, 4.69) is 19.1 Å². The molecule has 0 amide bonds. The molecule has 4 nitrogen and oxygen atoms in total. The van der Waals surface area contributed by atoms with Crippen molar-refractivity contribution >= 4 is 0 Å². The van der Waals surface area contributed by atoms with Crippen LogP contribution >= 0.6 is 0 Å². The summed E-state index contributed by atoms with van der Waals surface area (Å²) in [6.45, 7) is 5.20. The molecule has 0 saturated carbocycles. The lowest BCUT2D eigenvalue weighted by Crippen LogP contribution is -1.95. The minimum absolute atomic E-state index is 0.457. The molecule has 4 aromatic carbocycles. The van der Waals surface area contributed by atoms with E-state index in [1.54, 1.807) is 0 Å². The van der Waals surface area contributed by atoms with E-state index in [1.807, 2.05) is 104 Å². The summed E-state index contributed by atoms with van der Waals surface area (Å²) in [5.74, 6) is 1.76. The summed E-state index contributed by atoms with van der Waals surface area (Å²) in [6, 6.07) is 36.2. The number of aryl methyl sites for hydroxylation is 2. The third kappa shape index (κ3) is 9.01. The lowest BCUT2D eigenvalue weighted by atomic mass is 10.1. The fraction of sp³-hybridized carbons (Fsp3) is 0.188. The SMILES string of the molecule is Cc1ccc(OCc2ccc(CC#N)cc2)cc1.Cc1cccc(OCc2ccc(CC#N)cc2)c1. The lowest BCUT2D eigenvalue weighted by Gasteiger charge is -2.07. The molecule has 4 rings (SSSR count). The molecular weight excluding hydrogens is 444 g/mol. The molecule has 0 N–H and O–H groups in total. The summed E-state index contributed by atoms with van der Waals surface area (Å²) >= 11 is 0. The van der Waals surface area contributed by atoms with Crippen molar-refractivity contribution in [1.82, 2.24) is 0 Å². The summed E-state index contributed by atoms with van der Waals surface area (Å²) in [5, 5.41) is 17.2. The first kappa shape index (κ1) is 26.1. The van der Waals surface area contributed by atoms with Gasteiger partial charge in [0.1, 0.15) is 24.7 Å². The predicted octanol–water partition coefficient (Wildman–Crippen LogP) is 7.28. The number of nitriles is 2. The molecule has 0 bridgehead atoms. The standard InChI is InChI=1S/2C16H15NO/c1-13-2-8-16(9-3-13)18-12-15-6-4-14(5-7-15)10-11-17;1-13-3-2-4-16(11-13)18-12-15-7-5-14(6-8-15)9-10-17/h2-9H,10,12H2,1H3;2-8,11H,9,12H2,1H3. The van der Waals surface area contributed by atoms with Gasteiger partial charge in [-0.3, -0.25) is 0 Å². The summed E-state index contributed by atoms with van der Waals surface area (Å²) < 4.78 is 11.4. The van der Waals surface area contributed by atoms with Crippen molar-refractivity contribution < 1.29 is 9.47 Å². The Balaban J connectivity index is 0.000000201. The van der Waals surface area contributed by atoms with Gasteiger partial charge in [-0.1, -0.05) is 78.4 Å². The van der Waals surface area contributed by atoms with Crippen molar-refractivity contribution in [3.63, 3.8) is 0 Å². The van der Waals surface area contributed by atoms with Gasteiger partial charge in [0.05, 0.1) is 25.0 Å². The molecule has 0 atom stereocenters. The lowest BCUT2D eigenvalue weighted by molar-refractivity contribution is 0.306. The highest BCUT2D eigenvalue weighted by atomic mass is 16.5. The molecule has 0 spiro atoms. The normalized spacial score (nSPS) is 9.78. The fourth-order valence-electron chi connectivity index (χ4n) is 3.36. The van der Waals surface area contributed by atoms with E-state index in [1.165, 1.54) is 11.1 Å². The van der Waals surface area contributed by atoms with Crippen molar-refractivity contribution in [2.24, 2.45) is 0 Å². The van der Waals surface area contributed by atoms with Crippen LogP contribution in [0.4, 0.5) is 0 Å². The molecule has 36 heavy (non-hydrogen) atoms. The monoisotopic (exact) mass is 474 g/mol. The Morgan fingerprint density at radius 1 is 0.528 bits per heavy atom. The van der Waals surface area contributed by atoms with Crippen LogP contribution in [-0.4, -0.2) is 0 Å². The average Bonchev–Trinajstić information content (AvgIpc) is 2.90. The van der Waals surface area contributed by atoms with Gasteiger partial charge < -0.3 is 9.47 Å². The predicted molar refractivity (Wildman–Crippen MR) is 143 cm³/mol. The van der Waals surface area contributed by atoms with E-state index >= 15 is 0 Å². The molecule has 180 valence electrons. The maximum absolute atomic E-state index is 8.59. The van der Waals surface area contributed by atoms with Crippen molar-refractivity contribution in [3.05, 3.63) is 130 Å². The maximum atomic E-state index is 8.59. The highest BCUT2D eigenvalue weighted by Gasteiger charge is 1.98. The Labute approximate surface area is 214 Å². The summed E-state index contributed by atoms with van der Waals surface area (Å²) in [6.07, 6.45) is 0.915. The molecule has 0 aliphatic rings. The van der Waals surface area contributed by atoms with Gasteiger partial charge in [-0.05, 0) is 65.9 Å². The Morgan fingerprint density at radius 2 is 1.00 bits per heavy atom. The molecular formula is C32H30N2O2. The number of ether oxygens (including phenoxy) is 2. The summed E-state index contributed by atoms with van der Waals surface area (Å²) in [5.41, 5.74) is 6.71. The molecule has 0 heterocycles. The van der Waals surface area contributed by atoms with E-state index < -0.39 is 0 Å². The van der Waals surface area contributed by atoms with Crippen LogP contribution in [-0.2, 0) is 26.1 Å². The van der Waals surface area contributed by atoms with Gasteiger partial charge >= 0.3 is 0 Å². The van der Waals surface area contributed by atoms with Gasteiger partial charge in [0.15, 0.2) is 0 Å². The van der Waals surface area contributed by atoms with Crippen LogP contribution in [0.1, 0.15) is 33.4 Å². The zero-order valence-electron chi connectivity index (χ0n) is 20.8. The molecule has 0 fully saturated rings. The van der Waals surface area contributed by atoms with Crippen LogP contribution in [0.2, 0.25) is 0 Å². The molecule has 0 aromatic heterocycles. The topological polar surface area (TPSA) is 66.0 Å². The smallest absolute Gasteiger partial charge is 0.120 e. The molecule has 4 heteroatoms. The minimum atomic E-state index is 0.457. The quantitative estimate of drug-likeness (QED) is 0.269. The summed E-state index contributed by atoms with van der Waals surface area (Å²) in [4.78, 5) is 0. The molecule has 0 unspecified atom stereocenters. The third-order valence-electron chi connectivity index (χ3n) is 5.43. The average molecular weight is 475 g/mol. The van der Waals surface area contributed by atoms with Crippen LogP contribution in [0.3, 0.4) is 0 Å². The van der Waals surface area contributed by atoms with Gasteiger partial charge in [-0.15, -0.1) is 0 Å². The molecule has 4 aromatic rings. The Morgan fingerprint density at radius 3 is 1.47 bits per heavy atom. The van der Waals surface area contributed by atoms with E-state index in [-0.39, 0.29) is 0 Å². The second kappa shape index (κ2) is 14.0. The van der Waals surface area contributed by atoms with Gasteiger partial charge in [0.25, 0.3) is 0 Å². The van der Waals surface area contributed by atoms with E-state index in [0.717, 1.165) is 33.8 Å². The first-order valence-corrected chi connectivity index (χ1v) is 11.8. The van der Waals surface area contributed by atoms with Gasteiger partial charge in [-0.25, -0.2) is 0 Å². The van der Waals surface area contributed by atoms with Gasteiger partial charge in [0, 0.05) is 0 Å². The maximum Gasteiger partial charge on any atom is 0.120 e. The summed E-state index contributed by atoms with van der Waals surface area (Å²) in [7, 11) is 0. The zero-order valence-corrected chi connectivity index (χ0v) is 20.8. The molecule has 0 radical (unpaired) electrons. The van der Waals surface area contributed by atoms with E-state index in [0.29, 0.717) is 26.1 Å². The Hall–Kier alpha value is -4.54. The van der Waals surface area contributed by atoms with Crippen LogP contribution in [0.5, 0.6) is 11.5 Å². The van der Waals surface area contributed by atoms with Crippen LogP contribution in [0, 0.1) is 36.5 Å².